The number of hydrogen-bond donors (Lipinski definition) is 4. The summed E-state index contributed by atoms with van der Waals surface area (Å²) in [7, 11) is -8.18. The molecule has 0 radical (unpaired) electrons. The SMILES string of the molecule is CC[Si](CC)(CC)O[C@@]12C[C@@H](C(=O)OC)N(C(=O)[C@H](NC(=O)OC(C)(C)C)[C@H](C)O[Si](C)(C)C(C)(C)C)[C@@H]1Nc1cc(Cl)c(-c3cc4c(cc3Cl)N[C@H]3N(C(=O)[C@H](NC(=O)OC(C)(C)C)[C@H](C)O[Si](C)(C)C(C)(C)C)[C@H](C(=O)OC)C[C@@]43O[Si](CC)(CC)CC)cc12. The number of hydrogen-bond acceptors (Lipinski definition) is 16. The summed E-state index contributed by atoms with van der Waals surface area (Å²) in [5.41, 5.74) is -1.36. The minimum Gasteiger partial charge on any atom is -0.467 e. The maximum absolute atomic E-state index is 16.0. The van der Waals surface area contributed by atoms with Crippen LogP contribution in [0.1, 0.15) is 162 Å². The summed E-state index contributed by atoms with van der Waals surface area (Å²) in [5.74, 6) is -2.60. The minimum atomic E-state index is -2.75. The van der Waals surface area contributed by atoms with E-state index in [2.05, 4.69) is 131 Å². The molecule has 4 heterocycles. The van der Waals surface area contributed by atoms with E-state index in [9.17, 15) is 19.2 Å². The first kappa shape index (κ1) is 76.8. The lowest BCUT2D eigenvalue weighted by Crippen LogP contribution is -2.62. The van der Waals surface area contributed by atoms with Gasteiger partial charge in [0.15, 0.2) is 33.3 Å². The zero-order valence-corrected chi connectivity index (χ0v) is 65.5. The van der Waals surface area contributed by atoms with Crippen molar-refractivity contribution in [1.29, 1.82) is 0 Å². The van der Waals surface area contributed by atoms with Gasteiger partial charge in [-0.1, -0.05) is 106 Å². The van der Waals surface area contributed by atoms with Gasteiger partial charge in [0.25, 0.3) is 0 Å². The zero-order valence-electron chi connectivity index (χ0n) is 60.0. The summed E-state index contributed by atoms with van der Waals surface area (Å²) in [6.07, 6.45) is -5.65. The van der Waals surface area contributed by atoms with Crippen molar-refractivity contribution in [3.63, 3.8) is 0 Å². The number of nitrogens with one attached hydrogen (secondary N) is 4. The fourth-order valence-electron chi connectivity index (χ4n) is 13.1. The Balaban J connectivity index is 1.61. The molecule has 26 heteroatoms. The van der Waals surface area contributed by atoms with Gasteiger partial charge in [-0.3, -0.25) is 9.59 Å². The van der Waals surface area contributed by atoms with E-state index >= 15 is 9.59 Å². The molecule has 0 unspecified atom stereocenters. The Morgan fingerprint density at radius 3 is 1.09 bits per heavy atom. The second-order valence-electron chi connectivity index (χ2n) is 30.7. The summed E-state index contributed by atoms with van der Waals surface area (Å²) in [6.45, 7) is 47.4. The summed E-state index contributed by atoms with van der Waals surface area (Å²) in [5, 5.41) is 13.0. The fraction of sp³-hybridized carbons (Fsp3) is 0.727. The van der Waals surface area contributed by atoms with Gasteiger partial charge in [-0.15, -0.1) is 0 Å². The van der Waals surface area contributed by atoms with E-state index in [0.717, 1.165) is 0 Å². The van der Waals surface area contributed by atoms with Crippen LogP contribution in [0.15, 0.2) is 24.3 Å². The van der Waals surface area contributed by atoms with Crippen LogP contribution in [0, 0.1) is 0 Å². The number of fused-ring (bicyclic) bond motifs is 6. The summed E-state index contributed by atoms with van der Waals surface area (Å²) in [4.78, 5) is 92.0. The smallest absolute Gasteiger partial charge is 0.408 e. The van der Waals surface area contributed by atoms with Crippen LogP contribution in [0.5, 0.6) is 0 Å². The van der Waals surface area contributed by atoms with E-state index in [4.69, 9.17) is 59.9 Å². The number of halogens is 2. The molecule has 92 heavy (non-hydrogen) atoms. The van der Waals surface area contributed by atoms with E-state index in [1.165, 1.54) is 24.0 Å². The number of amides is 4. The van der Waals surface area contributed by atoms with Gasteiger partial charge in [-0.25, -0.2) is 19.2 Å². The Kier molecular flexibility index (Phi) is 23.1. The highest BCUT2D eigenvalue weighted by atomic mass is 35.5. The Labute approximate surface area is 562 Å². The Bertz CT molecular complexity index is 2870. The van der Waals surface area contributed by atoms with Gasteiger partial charge >= 0.3 is 24.1 Å². The maximum atomic E-state index is 16.0. The third kappa shape index (κ3) is 15.1. The number of rotatable bonds is 23. The van der Waals surface area contributed by atoms with E-state index < -0.39 is 140 Å². The van der Waals surface area contributed by atoms with Crippen molar-refractivity contribution in [3.05, 3.63) is 45.4 Å². The molecule has 4 N–H and O–H groups in total. The number of alkyl carbamates (subject to hydrolysis) is 2. The zero-order chi connectivity index (χ0) is 69.8. The quantitative estimate of drug-likeness (QED) is 0.0460. The molecule has 2 fully saturated rings. The van der Waals surface area contributed by atoms with Crippen LogP contribution in [0.2, 0.25) is 82.6 Å². The molecule has 6 rings (SSSR count). The van der Waals surface area contributed by atoms with Gasteiger partial charge < -0.3 is 67.7 Å². The van der Waals surface area contributed by atoms with Gasteiger partial charge in [-0.2, -0.15) is 0 Å². The first-order valence-electron chi connectivity index (χ1n) is 33.0. The lowest BCUT2D eigenvalue weighted by atomic mass is 9.86. The molecule has 4 aliphatic rings. The highest BCUT2D eigenvalue weighted by Crippen LogP contribution is 2.60. The molecule has 4 aliphatic heterocycles. The fourth-order valence-corrected chi connectivity index (χ4v) is 22.5. The lowest BCUT2D eigenvalue weighted by Gasteiger charge is -2.43. The topological polar surface area (TPSA) is 231 Å². The normalized spacial score (nSPS) is 23.0. The average Bonchev–Trinajstić information content (AvgIpc) is 1.54. The van der Waals surface area contributed by atoms with Gasteiger partial charge in [-0.05, 0) is 152 Å². The Hall–Kier alpha value is -4.25. The van der Waals surface area contributed by atoms with E-state index in [1.807, 2.05) is 12.1 Å². The van der Waals surface area contributed by atoms with Gasteiger partial charge in [0.05, 0.1) is 36.5 Å². The predicted molar refractivity (Wildman–Crippen MR) is 373 cm³/mol. The molecule has 4 amide bonds. The van der Waals surface area contributed by atoms with Gasteiger partial charge in [0, 0.05) is 46.5 Å². The van der Waals surface area contributed by atoms with Crippen LogP contribution >= 0.6 is 23.2 Å². The second kappa shape index (κ2) is 27.7. The predicted octanol–water partition coefficient (Wildman–Crippen LogP) is 14.8. The van der Waals surface area contributed by atoms with Crippen molar-refractivity contribution in [2.24, 2.45) is 0 Å². The molecule has 0 spiro atoms. The van der Waals surface area contributed by atoms with Crippen LogP contribution in [-0.2, 0) is 67.0 Å². The minimum absolute atomic E-state index is 0.0388. The number of esters is 2. The number of likely N-dealkylation sites (tertiary alicyclic amines) is 2. The number of nitrogens with zero attached hydrogens (tertiary/aromatic N) is 2. The molecular formula is C66H110Cl2N6O14Si4. The molecule has 20 nitrogen and oxygen atoms in total. The van der Waals surface area contributed by atoms with Crippen molar-refractivity contribution >= 4 is 104 Å². The van der Waals surface area contributed by atoms with E-state index in [1.54, 1.807) is 67.5 Å². The third-order valence-corrected chi connectivity index (χ3v) is 39.7. The summed E-state index contributed by atoms with van der Waals surface area (Å²) < 4.78 is 52.2. The van der Waals surface area contributed by atoms with Crippen molar-refractivity contribution in [2.75, 3.05) is 24.9 Å². The van der Waals surface area contributed by atoms with Crippen molar-refractivity contribution in [3.8, 4) is 11.1 Å². The van der Waals surface area contributed by atoms with E-state index in [-0.39, 0.29) is 33.0 Å². The summed E-state index contributed by atoms with van der Waals surface area (Å²) >= 11 is 15.2. The number of ether oxygens (including phenoxy) is 4. The van der Waals surface area contributed by atoms with Gasteiger partial charge in [0.1, 0.15) is 58.9 Å². The standard InChI is InChI=1S/C66H110Cl2N6O14Si4/c1-27-91(28-2,29-3)87-65-37-49(55(77)81-21)73(53(75)51(71-59(79)83-61(9,10)11)39(7)85-89(23,24)63(15,16)17)57(65)69-47-35-45(67)41(33-43(47)65)42-34-44-48(36-46(42)68)70-58-66(44,88-92(30-4,31-5)32-6)38-50(56(78)82-22)74(58)54(76)52(72-60(80)84-62(12,13)14)40(8)86-90(25,26)64(18,19)20/h33-36,39-40,49-52,57-58,69-70H,27-32,37-38H2,1-26H3,(H,71,79)(H,72,80)/t39-,40-,49-,50-,51+,52+,57-,58-,65+,66+/m0/s1. The summed E-state index contributed by atoms with van der Waals surface area (Å²) in [6, 6.07) is 6.51. The van der Waals surface area contributed by atoms with E-state index in [0.29, 0.717) is 69.9 Å². The molecule has 0 aliphatic carbocycles. The van der Waals surface area contributed by atoms with Crippen molar-refractivity contribution in [2.45, 2.75) is 295 Å². The van der Waals surface area contributed by atoms with Crippen molar-refractivity contribution < 1.29 is 65.4 Å². The molecule has 0 aromatic heterocycles. The molecule has 0 bridgehead atoms. The van der Waals surface area contributed by atoms with Crippen molar-refractivity contribution in [1.82, 2.24) is 20.4 Å². The molecule has 518 valence electrons. The molecule has 2 saturated heterocycles. The number of benzene rings is 2. The average molecular weight is 1390 g/mol. The Morgan fingerprint density at radius 1 is 0.543 bits per heavy atom. The highest BCUT2D eigenvalue weighted by molar-refractivity contribution is 6.75. The van der Waals surface area contributed by atoms with Gasteiger partial charge in [0.2, 0.25) is 11.8 Å². The lowest BCUT2D eigenvalue weighted by molar-refractivity contribution is -0.153. The number of carbonyl (C=O) groups is 6. The molecule has 2 aromatic rings. The largest absolute Gasteiger partial charge is 0.467 e. The van der Waals surface area contributed by atoms with Crippen LogP contribution in [0.4, 0.5) is 21.0 Å². The Morgan fingerprint density at radius 2 is 0.837 bits per heavy atom. The molecule has 2 aromatic carbocycles. The highest BCUT2D eigenvalue weighted by Gasteiger charge is 2.67. The number of carbonyl (C=O) groups excluding carboxylic acids is 6. The second-order valence-corrected chi connectivity index (χ2v) is 50.4. The maximum Gasteiger partial charge on any atom is 0.408 e. The number of anilines is 2. The number of methoxy groups -OCH3 is 2. The van der Waals surface area contributed by atoms with Crippen LogP contribution in [-0.4, -0.2) is 153 Å². The first-order chi connectivity index (χ1) is 42.2. The van der Waals surface area contributed by atoms with Crippen LogP contribution < -0.4 is 21.3 Å². The van der Waals surface area contributed by atoms with Crippen LogP contribution in [0.3, 0.4) is 0 Å². The molecule has 0 saturated carbocycles. The molecular weight excluding hydrogens is 1280 g/mol. The third-order valence-electron chi connectivity index (χ3n) is 20.6. The first-order valence-corrected chi connectivity index (χ1v) is 44.6. The monoisotopic (exact) mass is 1390 g/mol. The van der Waals surface area contributed by atoms with Crippen LogP contribution in [0.25, 0.3) is 11.1 Å². The molecule has 10 atom stereocenters.